The smallest absolute Gasteiger partial charge is 0.416 e. The van der Waals surface area contributed by atoms with Gasteiger partial charge in [-0.3, -0.25) is 9.59 Å². The maximum absolute atomic E-state index is 12.8. The van der Waals surface area contributed by atoms with Crippen molar-refractivity contribution in [1.82, 2.24) is 15.1 Å². The monoisotopic (exact) mass is 399 g/mol. The van der Waals surface area contributed by atoms with Crippen LogP contribution >= 0.6 is 0 Å². The minimum atomic E-state index is -4.42. The van der Waals surface area contributed by atoms with Crippen LogP contribution in [0.5, 0.6) is 0 Å². The van der Waals surface area contributed by atoms with Crippen molar-refractivity contribution < 1.29 is 31.9 Å². The summed E-state index contributed by atoms with van der Waals surface area (Å²) < 4.78 is 48.4. The Labute approximate surface area is 159 Å². The highest BCUT2D eigenvalue weighted by Gasteiger charge is 2.30. The average Bonchev–Trinajstić information content (AvgIpc) is 3.06. The zero-order valence-electron chi connectivity index (χ0n) is 15.5. The van der Waals surface area contributed by atoms with Gasteiger partial charge in [-0.2, -0.15) is 13.2 Å². The van der Waals surface area contributed by atoms with Crippen LogP contribution in [0.3, 0.4) is 0 Å². The van der Waals surface area contributed by atoms with Crippen LogP contribution in [0.2, 0.25) is 0 Å². The van der Waals surface area contributed by atoms with E-state index < -0.39 is 17.7 Å². The molecule has 0 unspecified atom stereocenters. The van der Waals surface area contributed by atoms with Crippen LogP contribution in [0.25, 0.3) is 0 Å². The minimum absolute atomic E-state index is 0.0428. The fourth-order valence-corrected chi connectivity index (χ4v) is 2.39. The summed E-state index contributed by atoms with van der Waals surface area (Å²) >= 11 is 0. The molecule has 2 rings (SSSR count). The highest BCUT2D eigenvalue weighted by Crippen LogP contribution is 2.29. The van der Waals surface area contributed by atoms with Gasteiger partial charge in [0.15, 0.2) is 0 Å². The lowest BCUT2D eigenvalue weighted by atomic mass is 10.1. The summed E-state index contributed by atoms with van der Waals surface area (Å²) in [4.78, 5) is 24.6. The Kier molecular flexibility index (Phi) is 7.13. The second kappa shape index (κ2) is 9.34. The van der Waals surface area contributed by atoms with Gasteiger partial charge in [0, 0.05) is 19.9 Å². The molecule has 0 spiro atoms. The maximum Gasteiger partial charge on any atom is 0.416 e. The van der Waals surface area contributed by atoms with Gasteiger partial charge in [0.05, 0.1) is 18.6 Å². The van der Waals surface area contributed by atoms with E-state index >= 15 is 0 Å². The molecule has 0 aliphatic rings. The fourth-order valence-electron chi connectivity index (χ4n) is 2.39. The van der Waals surface area contributed by atoms with Crippen molar-refractivity contribution in [2.45, 2.75) is 32.4 Å². The first-order valence-corrected chi connectivity index (χ1v) is 8.56. The van der Waals surface area contributed by atoms with Gasteiger partial charge < -0.3 is 14.1 Å². The molecule has 7 nitrogen and oxygen atoms in total. The van der Waals surface area contributed by atoms with Crippen LogP contribution in [-0.2, 0) is 33.3 Å². The third-order valence-corrected chi connectivity index (χ3v) is 3.77. The molecule has 0 saturated carbocycles. The molecule has 0 atom stereocenters. The van der Waals surface area contributed by atoms with Crippen molar-refractivity contribution in [3.05, 3.63) is 47.2 Å². The third-order valence-electron chi connectivity index (χ3n) is 3.77. The number of rotatable bonds is 8. The van der Waals surface area contributed by atoms with Crippen molar-refractivity contribution in [3.63, 3.8) is 0 Å². The number of alkyl halides is 3. The fraction of sp³-hybridized carbons (Fsp3) is 0.444. The zero-order valence-corrected chi connectivity index (χ0v) is 15.5. The summed E-state index contributed by atoms with van der Waals surface area (Å²) in [5.74, 6) is -0.452. The normalized spacial score (nSPS) is 11.3. The van der Waals surface area contributed by atoms with E-state index in [2.05, 4.69) is 10.2 Å². The van der Waals surface area contributed by atoms with Gasteiger partial charge >= 0.3 is 12.1 Å². The highest BCUT2D eigenvalue weighted by molar-refractivity contribution is 5.81. The topological polar surface area (TPSA) is 85.5 Å². The number of nitrogens with zero attached hydrogens (tertiary/aromatic N) is 3. The first kappa shape index (κ1) is 21.4. The number of carbonyl (C=O) groups excluding carboxylic acids is 2. The van der Waals surface area contributed by atoms with Crippen LogP contribution < -0.4 is 0 Å². The van der Waals surface area contributed by atoms with Gasteiger partial charge in [-0.1, -0.05) is 18.2 Å². The second-order valence-electron chi connectivity index (χ2n) is 6.02. The number of carbonyl (C=O) groups is 2. The number of benzene rings is 1. The van der Waals surface area contributed by atoms with E-state index in [1.54, 1.807) is 6.92 Å². The predicted molar refractivity (Wildman–Crippen MR) is 91.1 cm³/mol. The SMILES string of the molecule is CCOC(=O)CN(C)C(=O)CCc1nnc(Cc2cccc(C(F)(F)F)c2)o1. The van der Waals surface area contributed by atoms with Crippen LogP contribution in [0, 0.1) is 0 Å². The molecule has 1 aromatic carbocycles. The molecule has 0 radical (unpaired) electrons. The van der Waals surface area contributed by atoms with Crippen LogP contribution in [0.4, 0.5) is 13.2 Å². The van der Waals surface area contributed by atoms with E-state index in [4.69, 9.17) is 9.15 Å². The van der Waals surface area contributed by atoms with Gasteiger partial charge in [-0.05, 0) is 18.6 Å². The van der Waals surface area contributed by atoms with Crippen molar-refractivity contribution in [3.8, 4) is 0 Å². The summed E-state index contributed by atoms with van der Waals surface area (Å²) in [6, 6.07) is 4.86. The quantitative estimate of drug-likeness (QED) is 0.635. The standard InChI is InChI=1S/C18H20F3N3O4/c1-3-27-17(26)11-24(2)16(25)8-7-14-22-23-15(28-14)10-12-5-4-6-13(9-12)18(19,20)21/h4-6,9H,3,7-8,10-11H2,1-2H3. The molecule has 0 bridgehead atoms. The molecule has 0 fully saturated rings. The lowest BCUT2D eigenvalue weighted by Crippen LogP contribution is -2.33. The second-order valence-corrected chi connectivity index (χ2v) is 6.02. The molecule has 152 valence electrons. The van der Waals surface area contributed by atoms with Crippen molar-refractivity contribution >= 4 is 11.9 Å². The first-order valence-electron chi connectivity index (χ1n) is 8.56. The van der Waals surface area contributed by atoms with Gasteiger partial charge in [0.1, 0.15) is 6.54 Å². The van der Waals surface area contributed by atoms with Crippen molar-refractivity contribution in [2.75, 3.05) is 20.2 Å². The number of esters is 1. The Morgan fingerprint density at radius 1 is 1.21 bits per heavy atom. The minimum Gasteiger partial charge on any atom is -0.465 e. The largest absolute Gasteiger partial charge is 0.465 e. The Morgan fingerprint density at radius 3 is 2.61 bits per heavy atom. The summed E-state index contributed by atoms with van der Waals surface area (Å²) in [6.07, 6.45) is -4.18. The molecule has 1 amide bonds. The number of amides is 1. The van der Waals surface area contributed by atoms with Crippen molar-refractivity contribution in [1.29, 1.82) is 0 Å². The van der Waals surface area contributed by atoms with Gasteiger partial charge in [0.2, 0.25) is 17.7 Å². The molecule has 0 aliphatic carbocycles. The van der Waals surface area contributed by atoms with Gasteiger partial charge in [-0.25, -0.2) is 0 Å². The number of likely N-dealkylation sites (N-methyl/N-ethyl adjacent to an activating group) is 1. The van der Waals surface area contributed by atoms with E-state index in [0.717, 1.165) is 12.1 Å². The molecule has 0 N–H and O–H groups in total. The lowest BCUT2D eigenvalue weighted by Gasteiger charge is -2.15. The molecule has 28 heavy (non-hydrogen) atoms. The summed E-state index contributed by atoms with van der Waals surface area (Å²) in [7, 11) is 1.48. The van der Waals surface area contributed by atoms with Crippen LogP contribution in [0.15, 0.2) is 28.7 Å². The molecule has 1 heterocycles. The Balaban J connectivity index is 1.89. The first-order chi connectivity index (χ1) is 13.2. The number of hydrogen-bond donors (Lipinski definition) is 0. The van der Waals surface area contributed by atoms with Gasteiger partial charge in [0.25, 0.3) is 0 Å². The maximum atomic E-state index is 12.8. The lowest BCUT2D eigenvalue weighted by molar-refractivity contribution is -0.148. The molecular weight excluding hydrogens is 379 g/mol. The average molecular weight is 399 g/mol. The van der Waals surface area contributed by atoms with E-state index in [1.807, 2.05) is 0 Å². The summed E-state index contributed by atoms with van der Waals surface area (Å²) in [5.41, 5.74) is -0.366. The third kappa shape index (κ3) is 6.36. The summed E-state index contributed by atoms with van der Waals surface area (Å²) in [6.45, 7) is 1.75. The number of ether oxygens (including phenoxy) is 1. The Hall–Kier alpha value is -2.91. The van der Waals surface area contributed by atoms with E-state index in [1.165, 1.54) is 24.1 Å². The Morgan fingerprint density at radius 2 is 1.93 bits per heavy atom. The molecule has 10 heteroatoms. The molecule has 2 aromatic rings. The Bertz CT molecular complexity index is 820. The summed E-state index contributed by atoms with van der Waals surface area (Å²) in [5, 5.41) is 7.61. The number of hydrogen-bond acceptors (Lipinski definition) is 6. The number of aromatic nitrogens is 2. The van der Waals surface area contributed by atoms with Crippen LogP contribution in [0.1, 0.15) is 36.3 Å². The number of halogens is 3. The van der Waals surface area contributed by atoms with E-state index in [0.29, 0.717) is 5.56 Å². The predicted octanol–water partition coefficient (Wildman–Crippen LogP) is 2.63. The van der Waals surface area contributed by atoms with Crippen molar-refractivity contribution in [2.24, 2.45) is 0 Å². The van der Waals surface area contributed by atoms with E-state index in [-0.39, 0.29) is 50.1 Å². The zero-order chi connectivity index (χ0) is 20.7. The van der Waals surface area contributed by atoms with Crippen LogP contribution in [-0.4, -0.2) is 47.2 Å². The van der Waals surface area contributed by atoms with E-state index in [9.17, 15) is 22.8 Å². The molecule has 0 saturated heterocycles. The molecular formula is C18H20F3N3O4. The molecule has 1 aromatic heterocycles. The molecule has 0 aliphatic heterocycles. The van der Waals surface area contributed by atoms with Gasteiger partial charge in [-0.15, -0.1) is 10.2 Å². The number of aryl methyl sites for hydroxylation is 1. The highest BCUT2D eigenvalue weighted by atomic mass is 19.4.